The maximum Gasteiger partial charge on any atom is 0.242 e. The van der Waals surface area contributed by atoms with Crippen molar-refractivity contribution in [1.82, 2.24) is 20.3 Å². The number of fused-ring (bicyclic) bond motifs is 1. The highest BCUT2D eigenvalue weighted by atomic mass is 19.1. The van der Waals surface area contributed by atoms with Gasteiger partial charge in [0.15, 0.2) is 0 Å². The summed E-state index contributed by atoms with van der Waals surface area (Å²) in [5, 5.41) is 7.00. The number of aromatic nitrogens is 3. The highest BCUT2D eigenvalue weighted by Crippen LogP contribution is 2.38. The molecule has 4 heterocycles. The summed E-state index contributed by atoms with van der Waals surface area (Å²) in [7, 11) is 0. The zero-order valence-electron chi connectivity index (χ0n) is 16.2. The predicted molar refractivity (Wildman–Crippen MR) is 114 cm³/mol. The molecule has 3 N–H and O–H groups in total. The van der Waals surface area contributed by atoms with Crippen molar-refractivity contribution in [2.24, 2.45) is 0 Å². The number of carbonyl (C=O) groups excluding carboxylic acids is 1. The van der Waals surface area contributed by atoms with E-state index < -0.39 is 0 Å². The van der Waals surface area contributed by atoms with E-state index in [1.807, 2.05) is 24.3 Å². The van der Waals surface area contributed by atoms with Crippen molar-refractivity contribution in [3.05, 3.63) is 66.7 Å². The summed E-state index contributed by atoms with van der Waals surface area (Å²) in [4.78, 5) is 24.5. The van der Waals surface area contributed by atoms with Gasteiger partial charge in [-0.25, -0.2) is 9.37 Å². The van der Waals surface area contributed by atoms with Gasteiger partial charge in [0.05, 0.1) is 11.7 Å². The molecule has 1 amide bonds. The molecule has 5 rings (SSSR count). The van der Waals surface area contributed by atoms with Gasteiger partial charge in [-0.2, -0.15) is 0 Å². The lowest BCUT2D eigenvalue weighted by atomic mass is 10.00. The second-order valence-electron chi connectivity index (χ2n) is 7.35. The topological polar surface area (TPSA) is 82.7 Å². The normalized spacial score (nSPS) is 16.1. The first-order valence-corrected chi connectivity index (χ1v) is 9.92. The molecule has 0 saturated carbocycles. The zero-order valence-corrected chi connectivity index (χ0v) is 16.2. The standard InChI is InChI=1S/C23H20FN5O/c24-16-5-3-15(4-6-16)21-20(14-9-12-25-13-10-14)17-7-8-19(27-22(17)29-21)28-23(30)18-2-1-11-26-18/h3-10,12-13,18,26H,1-2,11H2,(H2,27,28,29,30)/t18-/m0/s1. The number of rotatable bonds is 4. The highest BCUT2D eigenvalue weighted by molar-refractivity contribution is 6.03. The van der Waals surface area contributed by atoms with E-state index in [0.717, 1.165) is 47.2 Å². The molecule has 1 atom stereocenters. The van der Waals surface area contributed by atoms with Gasteiger partial charge in [0.2, 0.25) is 5.91 Å². The maximum absolute atomic E-state index is 13.5. The molecule has 7 heteroatoms. The van der Waals surface area contributed by atoms with Crippen LogP contribution in [0.25, 0.3) is 33.4 Å². The molecule has 1 aliphatic heterocycles. The summed E-state index contributed by atoms with van der Waals surface area (Å²) in [5.41, 5.74) is 4.27. The van der Waals surface area contributed by atoms with E-state index in [9.17, 15) is 9.18 Å². The van der Waals surface area contributed by atoms with Crippen LogP contribution in [0.2, 0.25) is 0 Å². The van der Waals surface area contributed by atoms with Gasteiger partial charge in [-0.1, -0.05) is 0 Å². The first-order valence-electron chi connectivity index (χ1n) is 9.92. The Balaban J connectivity index is 1.59. The van der Waals surface area contributed by atoms with E-state index in [1.54, 1.807) is 24.5 Å². The number of benzene rings is 1. The van der Waals surface area contributed by atoms with Gasteiger partial charge in [-0.05, 0) is 79.0 Å². The summed E-state index contributed by atoms with van der Waals surface area (Å²) in [6, 6.07) is 13.8. The second kappa shape index (κ2) is 7.68. The number of halogens is 1. The fourth-order valence-corrected chi connectivity index (χ4v) is 3.91. The maximum atomic E-state index is 13.5. The Morgan fingerprint density at radius 1 is 1.03 bits per heavy atom. The van der Waals surface area contributed by atoms with Crippen LogP contribution in [0.5, 0.6) is 0 Å². The van der Waals surface area contributed by atoms with Crippen LogP contribution in [-0.2, 0) is 4.79 Å². The summed E-state index contributed by atoms with van der Waals surface area (Å²) in [6.45, 7) is 0.859. The minimum Gasteiger partial charge on any atom is -0.339 e. The first-order chi connectivity index (χ1) is 14.7. The zero-order chi connectivity index (χ0) is 20.5. The number of amides is 1. The molecule has 30 heavy (non-hydrogen) atoms. The quantitative estimate of drug-likeness (QED) is 0.480. The van der Waals surface area contributed by atoms with E-state index in [4.69, 9.17) is 0 Å². The van der Waals surface area contributed by atoms with E-state index in [-0.39, 0.29) is 17.8 Å². The molecule has 4 aromatic rings. The Kier molecular flexibility index (Phi) is 4.72. The average molecular weight is 401 g/mol. The van der Waals surface area contributed by atoms with Crippen LogP contribution in [-0.4, -0.2) is 33.4 Å². The van der Waals surface area contributed by atoms with Crippen LogP contribution < -0.4 is 10.6 Å². The molecule has 1 aliphatic rings. The number of nitrogens with one attached hydrogen (secondary N) is 3. The average Bonchev–Trinajstić information content (AvgIpc) is 3.43. The van der Waals surface area contributed by atoms with Gasteiger partial charge in [0.25, 0.3) is 0 Å². The van der Waals surface area contributed by atoms with Crippen molar-refractivity contribution in [2.75, 3.05) is 11.9 Å². The van der Waals surface area contributed by atoms with E-state index in [1.165, 1.54) is 12.1 Å². The number of hydrogen-bond acceptors (Lipinski definition) is 4. The molecule has 0 radical (unpaired) electrons. The predicted octanol–water partition coefficient (Wildman–Crippen LogP) is 4.12. The number of aromatic amines is 1. The summed E-state index contributed by atoms with van der Waals surface area (Å²) < 4.78 is 13.5. The smallest absolute Gasteiger partial charge is 0.242 e. The summed E-state index contributed by atoms with van der Waals surface area (Å²) in [6.07, 6.45) is 5.30. The third-order valence-electron chi connectivity index (χ3n) is 5.39. The molecule has 0 aliphatic carbocycles. The number of H-pyrrole nitrogens is 1. The Bertz CT molecular complexity index is 1200. The number of pyridine rings is 2. The van der Waals surface area contributed by atoms with Crippen LogP contribution in [0.3, 0.4) is 0 Å². The Hall–Kier alpha value is -3.58. The molecule has 3 aromatic heterocycles. The van der Waals surface area contributed by atoms with Crippen molar-refractivity contribution >= 4 is 22.8 Å². The summed E-state index contributed by atoms with van der Waals surface area (Å²) >= 11 is 0. The van der Waals surface area contributed by atoms with Crippen LogP contribution in [0, 0.1) is 5.82 Å². The molecule has 1 saturated heterocycles. The fraction of sp³-hybridized carbons (Fsp3) is 0.174. The number of anilines is 1. The van der Waals surface area contributed by atoms with Gasteiger partial charge < -0.3 is 15.6 Å². The fourth-order valence-electron chi connectivity index (χ4n) is 3.91. The van der Waals surface area contributed by atoms with Crippen molar-refractivity contribution in [3.63, 3.8) is 0 Å². The molecule has 1 fully saturated rings. The lowest BCUT2D eigenvalue weighted by Crippen LogP contribution is -2.35. The van der Waals surface area contributed by atoms with Crippen LogP contribution in [0.4, 0.5) is 10.2 Å². The van der Waals surface area contributed by atoms with Gasteiger partial charge in [-0.3, -0.25) is 9.78 Å². The monoisotopic (exact) mass is 401 g/mol. The molecule has 0 spiro atoms. The van der Waals surface area contributed by atoms with Crippen molar-refractivity contribution in [3.8, 4) is 22.4 Å². The minimum absolute atomic E-state index is 0.0704. The van der Waals surface area contributed by atoms with E-state index >= 15 is 0 Å². The molecular weight excluding hydrogens is 381 g/mol. The van der Waals surface area contributed by atoms with Crippen molar-refractivity contribution in [2.45, 2.75) is 18.9 Å². The molecule has 1 aromatic carbocycles. The molecule has 6 nitrogen and oxygen atoms in total. The molecule has 150 valence electrons. The van der Waals surface area contributed by atoms with Crippen LogP contribution >= 0.6 is 0 Å². The van der Waals surface area contributed by atoms with E-state index in [0.29, 0.717) is 11.5 Å². The van der Waals surface area contributed by atoms with Gasteiger partial charge in [0, 0.05) is 23.3 Å². The lowest BCUT2D eigenvalue weighted by molar-refractivity contribution is -0.117. The minimum atomic E-state index is -0.288. The first kappa shape index (κ1) is 18.4. The van der Waals surface area contributed by atoms with Crippen molar-refractivity contribution < 1.29 is 9.18 Å². The SMILES string of the molecule is O=C(Nc1ccc2c(-c3ccncc3)c(-c3ccc(F)cc3)[nH]c2n1)[C@@H]1CCCN1. The Labute approximate surface area is 172 Å². The molecule has 0 bridgehead atoms. The van der Waals surface area contributed by atoms with Crippen LogP contribution in [0.15, 0.2) is 60.9 Å². The highest BCUT2D eigenvalue weighted by Gasteiger charge is 2.23. The molecule has 0 unspecified atom stereocenters. The van der Waals surface area contributed by atoms with E-state index in [2.05, 4.69) is 25.6 Å². The third kappa shape index (κ3) is 3.44. The molecular formula is C23H20FN5O. The number of nitrogens with zero attached hydrogens (tertiary/aromatic N) is 2. The Morgan fingerprint density at radius 2 is 1.83 bits per heavy atom. The summed E-state index contributed by atoms with van der Waals surface area (Å²) in [5.74, 6) is 0.136. The number of carbonyl (C=O) groups is 1. The third-order valence-corrected chi connectivity index (χ3v) is 5.39. The van der Waals surface area contributed by atoms with Crippen molar-refractivity contribution in [1.29, 1.82) is 0 Å². The lowest BCUT2D eigenvalue weighted by Gasteiger charge is -2.10. The number of hydrogen-bond donors (Lipinski definition) is 3. The van der Waals surface area contributed by atoms with Gasteiger partial charge >= 0.3 is 0 Å². The largest absolute Gasteiger partial charge is 0.339 e. The second-order valence-corrected chi connectivity index (χ2v) is 7.35. The van der Waals surface area contributed by atoms with Crippen LogP contribution in [0.1, 0.15) is 12.8 Å². The van der Waals surface area contributed by atoms with Gasteiger partial charge in [-0.15, -0.1) is 0 Å². The Morgan fingerprint density at radius 3 is 2.57 bits per heavy atom. The van der Waals surface area contributed by atoms with Gasteiger partial charge in [0.1, 0.15) is 17.3 Å².